The Bertz CT molecular complexity index is 1910. The highest BCUT2D eigenvalue weighted by atomic mass is 32.2. The molecule has 0 saturated carbocycles. The molecule has 0 bridgehead atoms. The lowest BCUT2D eigenvalue weighted by Crippen LogP contribution is -2.30. The lowest BCUT2D eigenvalue weighted by Gasteiger charge is -2.18. The van der Waals surface area contributed by atoms with Gasteiger partial charge in [0.25, 0.3) is 11.8 Å². The summed E-state index contributed by atoms with van der Waals surface area (Å²) in [5.74, 6) is -0.919. The summed E-state index contributed by atoms with van der Waals surface area (Å²) in [5.41, 5.74) is 3.79. The van der Waals surface area contributed by atoms with Gasteiger partial charge in [-0.25, -0.2) is 0 Å². The number of benzene rings is 5. The molecule has 236 valence electrons. The van der Waals surface area contributed by atoms with Crippen molar-refractivity contribution >= 4 is 46.9 Å². The normalized spacial score (nSPS) is 11.7. The summed E-state index contributed by atoms with van der Waals surface area (Å²) in [6, 6.07) is 37.3. The van der Waals surface area contributed by atoms with E-state index >= 15 is 0 Å². The maximum Gasteiger partial charge on any atom is 0.272 e. The van der Waals surface area contributed by atoms with Crippen LogP contribution in [0.1, 0.15) is 32.3 Å². The average Bonchev–Trinajstić information content (AvgIpc) is 3.09. The fourth-order valence-electron chi connectivity index (χ4n) is 4.71. The minimum atomic E-state index is -0.580. The number of thioether (sulfide) groups is 1. The average molecular weight is 644 g/mol. The molecule has 0 radical (unpaired) electrons. The minimum absolute atomic E-state index is 0.00553. The summed E-state index contributed by atoms with van der Waals surface area (Å²) in [6.45, 7) is 1.94. The first-order chi connectivity index (χ1) is 22.8. The summed E-state index contributed by atoms with van der Waals surface area (Å²) < 4.78 is 5.38. The van der Waals surface area contributed by atoms with Crippen molar-refractivity contribution in [1.29, 1.82) is 0 Å². The SMILES string of the molecule is COc1cc(O)ccc1/C=C(/NC(=O)c1ccccc1)C(=O)Nc1cccc(SC(C(=O)Nc2ccccc2C)c2ccccc2)c1. The van der Waals surface area contributed by atoms with Crippen molar-refractivity contribution in [2.24, 2.45) is 0 Å². The number of ether oxygens (including phenoxy) is 1. The molecule has 1 unspecified atom stereocenters. The molecule has 0 fully saturated rings. The lowest BCUT2D eigenvalue weighted by molar-refractivity contribution is -0.116. The van der Waals surface area contributed by atoms with Crippen LogP contribution < -0.4 is 20.7 Å². The Morgan fingerprint density at radius 1 is 0.787 bits per heavy atom. The third kappa shape index (κ3) is 8.68. The van der Waals surface area contributed by atoms with E-state index in [1.165, 1.54) is 37.1 Å². The van der Waals surface area contributed by atoms with Crippen LogP contribution in [0.3, 0.4) is 0 Å². The molecule has 0 aromatic heterocycles. The molecule has 3 amide bonds. The zero-order chi connectivity index (χ0) is 33.2. The van der Waals surface area contributed by atoms with E-state index in [9.17, 15) is 19.5 Å². The molecule has 0 heterocycles. The molecule has 0 saturated heterocycles. The van der Waals surface area contributed by atoms with Crippen molar-refractivity contribution in [2.75, 3.05) is 17.7 Å². The Hall–Kier alpha value is -5.80. The molecular formula is C38H33N3O5S. The standard InChI is InChI=1S/C38H33N3O5S/c1-25-12-9-10-19-32(25)40-38(45)35(26-13-5-3-6-14-26)47-31-18-11-17-29(23-31)39-37(44)33(41-36(43)27-15-7-4-8-16-27)22-28-20-21-30(42)24-34(28)46-2/h3-24,35,42H,1-2H3,(H,39,44)(H,40,45)(H,41,43)/b33-22+. The first-order valence-electron chi connectivity index (χ1n) is 14.8. The molecule has 1 atom stereocenters. The van der Waals surface area contributed by atoms with Crippen LogP contribution >= 0.6 is 11.8 Å². The number of hydrogen-bond donors (Lipinski definition) is 4. The van der Waals surface area contributed by atoms with Gasteiger partial charge in [-0.1, -0.05) is 72.8 Å². The molecule has 8 nitrogen and oxygen atoms in total. The van der Waals surface area contributed by atoms with Crippen molar-refractivity contribution in [3.8, 4) is 11.5 Å². The highest BCUT2D eigenvalue weighted by molar-refractivity contribution is 8.00. The summed E-state index contributed by atoms with van der Waals surface area (Å²) in [7, 11) is 1.45. The van der Waals surface area contributed by atoms with Crippen LogP contribution in [0.25, 0.3) is 6.08 Å². The predicted octanol–water partition coefficient (Wildman–Crippen LogP) is 7.59. The lowest BCUT2D eigenvalue weighted by atomic mass is 10.1. The Balaban J connectivity index is 1.41. The third-order valence-electron chi connectivity index (χ3n) is 7.13. The molecule has 5 aromatic carbocycles. The monoisotopic (exact) mass is 643 g/mol. The second kappa shape index (κ2) is 15.5. The van der Waals surface area contributed by atoms with Gasteiger partial charge < -0.3 is 25.8 Å². The van der Waals surface area contributed by atoms with Crippen LogP contribution in [0.2, 0.25) is 0 Å². The molecule has 9 heteroatoms. The van der Waals surface area contributed by atoms with Gasteiger partial charge in [0.1, 0.15) is 22.4 Å². The highest BCUT2D eigenvalue weighted by Gasteiger charge is 2.23. The Morgan fingerprint density at radius 3 is 2.21 bits per heavy atom. The Kier molecular flexibility index (Phi) is 10.7. The number of phenolic OH excluding ortho intramolecular Hbond substituents is 1. The van der Waals surface area contributed by atoms with E-state index in [4.69, 9.17) is 4.74 Å². The van der Waals surface area contributed by atoms with Crippen LogP contribution in [-0.4, -0.2) is 29.9 Å². The van der Waals surface area contributed by atoms with E-state index < -0.39 is 17.1 Å². The first kappa shape index (κ1) is 32.6. The van der Waals surface area contributed by atoms with Crippen molar-refractivity contribution in [1.82, 2.24) is 5.32 Å². The number of amides is 3. The maximum atomic E-state index is 13.7. The van der Waals surface area contributed by atoms with Gasteiger partial charge in [-0.2, -0.15) is 0 Å². The molecule has 5 rings (SSSR count). The van der Waals surface area contributed by atoms with E-state index in [2.05, 4.69) is 16.0 Å². The van der Waals surface area contributed by atoms with Gasteiger partial charge >= 0.3 is 0 Å². The maximum absolute atomic E-state index is 13.7. The Labute approximate surface area is 277 Å². The number of phenols is 1. The van der Waals surface area contributed by atoms with E-state index in [0.29, 0.717) is 22.6 Å². The topological polar surface area (TPSA) is 117 Å². The van der Waals surface area contributed by atoms with E-state index in [-0.39, 0.29) is 17.4 Å². The van der Waals surface area contributed by atoms with Crippen LogP contribution in [0.5, 0.6) is 11.5 Å². The van der Waals surface area contributed by atoms with Gasteiger partial charge in [-0.15, -0.1) is 11.8 Å². The fraction of sp³-hybridized carbons (Fsp3) is 0.0789. The van der Waals surface area contributed by atoms with E-state index in [0.717, 1.165) is 21.7 Å². The van der Waals surface area contributed by atoms with Crippen molar-refractivity contribution in [2.45, 2.75) is 17.1 Å². The number of nitrogens with one attached hydrogen (secondary N) is 3. The zero-order valence-electron chi connectivity index (χ0n) is 25.8. The molecule has 0 aliphatic carbocycles. The summed E-state index contributed by atoms with van der Waals surface area (Å²) in [5, 5.41) is 18.0. The second-order valence-electron chi connectivity index (χ2n) is 10.5. The van der Waals surface area contributed by atoms with Gasteiger partial charge in [-0.05, 0) is 72.7 Å². The predicted molar refractivity (Wildman–Crippen MR) is 186 cm³/mol. The number of aryl methyl sites for hydroxylation is 1. The fourth-order valence-corrected chi connectivity index (χ4v) is 5.79. The zero-order valence-corrected chi connectivity index (χ0v) is 26.6. The quantitative estimate of drug-likeness (QED) is 0.0871. The Morgan fingerprint density at radius 2 is 1.49 bits per heavy atom. The van der Waals surface area contributed by atoms with Crippen LogP contribution in [0.15, 0.2) is 138 Å². The van der Waals surface area contributed by atoms with Crippen molar-refractivity contribution in [3.63, 3.8) is 0 Å². The summed E-state index contributed by atoms with van der Waals surface area (Å²) in [4.78, 5) is 41.1. The molecule has 0 aliphatic heterocycles. The van der Waals surface area contributed by atoms with Gasteiger partial charge in [-0.3, -0.25) is 14.4 Å². The molecule has 47 heavy (non-hydrogen) atoms. The van der Waals surface area contributed by atoms with Crippen LogP contribution in [0, 0.1) is 6.92 Å². The van der Waals surface area contributed by atoms with Gasteiger partial charge in [0.2, 0.25) is 5.91 Å². The highest BCUT2D eigenvalue weighted by Crippen LogP contribution is 2.37. The third-order valence-corrected chi connectivity index (χ3v) is 8.38. The largest absolute Gasteiger partial charge is 0.508 e. The van der Waals surface area contributed by atoms with E-state index in [1.54, 1.807) is 54.6 Å². The minimum Gasteiger partial charge on any atom is -0.508 e. The van der Waals surface area contributed by atoms with E-state index in [1.807, 2.05) is 67.6 Å². The number of para-hydroxylation sites is 1. The number of rotatable bonds is 11. The molecule has 0 aliphatic rings. The number of anilines is 2. The molecule has 5 aromatic rings. The van der Waals surface area contributed by atoms with Gasteiger partial charge in [0.05, 0.1) is 7.11 Å². The van der Waals surface area contributed by atoms with Crippen LogP contribution in [0.4, 0.5) is 11.4 Å². The van der Waals surface area contributed by atoms with Crippen LogP contribution in [-0.2, 0) is 9.59 Å². The first-order valence-corrected chi connectivity index (χ1v) is 15.6. The molecular weight excluding hydrogens is 611 g/mol. The molecule has 0 spiro atoms. The van der Waals surface area contributed by atoms with Crippen molar-refractivity contribution < 1.29 is 24.2 Å². The van der Waals surface area contributed by atoms with Crippen molar-refractivity contribution in [3.05, 3.63) is 155 Å². The number of carbonyl (C=O) groups excluding carboxylic acids is 3. The number of methoxy groups -OCH3 is 1. The van der Waals surface area contributed by atoms with Gasteiger partial charge in [0, 0.05) is 33.5 Å². The number of aromatic hydroxyl groups is 1. The van der Waals surface area contributed by atoms with Gasteiger partial charge in [0.15, 0.2) is 0 Å². The smallest absolute Gasteiger partial charge is 0.272 e. The number of hydrogen-bond acceptors (Lipinski definition) is 6. The molecule has 4 N–H and O–H groups in total. The summed E-state index contributed by atoms with van der Waals surface area (Å²) >= 11 is 1.35. The summed E-state index contributed by atoms with van der Waals surface area (Å²) in [6.07, 6.45) is 1.48. The number of carbonyl (C=O) groups is 3. The second-order valence-corrected chi connectivity index (χ2v) is 11.7.